The highest BCUT2D eigenvalue weighted by Crippen LogP contribution is 2.33. The Hall–Kier alpha value is -5.25. The van der Waals surface area contributed by atoms with Crippen molar-refractivity contribution in [2.75, 3.05) is 69.2 Å². The van der Waals surface area contributed by atoms with Crippen molar-refractivity contribution in [3.05, 3.63) is 116 Å². The van der Waals surface area contributed by atoms with Crippen LogP contribution in [-0.4, -0.2) is 123 Å². The van der Waals surface area contributed by atoms with Gasteiger partial charge in [-0.15, -0.1) is 11.6 Å². The molecule has 2 aromatic carbocycles. The summed E-state index contributed by atoms with van der Waals surface area (Å²) in [6.07, 6.45) is 0. The lowest BCUT2D eigenvalue weighted by atomic mass is 10.1. The average molecular weight is 1030 g/mol. The molecule has 68 heavy (non-hydrogen) atoms. The Balaban J connectivity index is 0.000000209. The summed E-state index contributed by atoms with van der Waals surface area (Å²) in [7, 11) is 3.21. The van der Waals surface area contributed by atoms with Crippen molar-refractivity contribution in [1.29, 1.82) is 0 Å². The molecule has 0 bridgehead atoms. The number of alkyl halides is 1. The van der Waals surface area contributed by atoms with Crippen LogP contribution in [0.25, 0.3) is 22.8 Å². The van der Waals surface area contributed by atoms with Crippen molar-refractivity contribution in [3.63, 3.8) is 0 Å². The Kier molecular flexibility index (Phi) is 19.2. The number of anilines is 2. The number of hydrogen-bond donors (Lipinski definition) is 1. The van der Waals surface area contributed by atoms with Crippen LogP contribution in [0.15, 0.2) is 72.8 Å². The number of methoxy groups -OCH3 is 2. The number of benzene rings is 2. The highest BCUT2D eigenvalue weighted by molar-refractivity contribution is 6.34. The van der Waals surface area contributed by atoms with E-state index in [1.807, 2.05) is 117 Å². The first-order valence-corrected chi connectivity index (χ1v) is 23.7. The van der Waals surface area contributed by atoms with Gasteiger partial charge in [-0.2, -0.15) is 10.2 Å². The number of halogens is 5. The van der Waals surface area contributed by atoms with E-state index in [2.05, 4.69) is 42.0 Å². The van der Waals surface area contributed by atoms with Crippen LogP contribution < -0.4 is 19.3 Å². The highest BCUT2D eigenvalue weighted by atomic mass is 35.5. The first-order valence-electron chi connectivity index (χ1n) is 21.7. The fourth-order valence-electron chi connectivity index (χ4n) is 7.89. The van der Waals surface area contributed by atoms with Crippen LogP contribution in [0, 0.1) is 27.7 Å². The third kappa shape index (κ3) is 12.9. The van der Waals surface area contributed by atoms with Crippen LogP contribution in [0.5, 0.6) is 11.5 Å². The van der Waals surface area contributed by atoms with Gasteiger partial charge in [-0.3, -0.25) is 29.3 Å². The molecule has 2 amide bonds. The van der Waals surface area contributed by atoms with Gasteiger partial charge in [-0.25, -0.2) is 0 Å². The monoisotopic (exact) mass is 1030 g/mol. The van der Waals surface area contributed by atoms with Crippen molar-refractivity contribution in [2.45, 2.75) is 67.6 Å². The van der Waals surface area contributed by atoms with Crippen molar-refractivity contribution < 1.29 is 19.1 Å². The standard InChI is InChI=1S/C24H27Cl2N5O2.C14H18Cl2N2O2.C10H10ClN3.CH4/c1-15-6-5-7-20(27-15)24-23(26)17(3)31(28-24)14-22(32)30-11-10-29(13-16(30)2)18-8-9-19(25)21(12-18)33-4;1-10-9-17(5-6-18(10)14(19)8-15)11-3-4-12(16)13(7-11)20-2;1-6-4-3-5-8(12-6)10-9(11)7(2)13-14-10;/h5-9,12,16H,10-11,13-14H2,1-4H3;3-4,7,10H,5-6,8-9H2,1-2H3;3-5H,1-2H3,(H,13,14);1H4/t16-;10-;;/m00../s1. The summed E-state index contributed by atoms with van der Waals surface area (Å²) in [6, 6.07) is 23.1. The predicted molar refractivity (Wildman–Crippen MR) is 276 cm³/mol. The molecule has 1 N–H and O–H groups in total. The van der Waals surface area contributed by atoms with Gasteiger partial charge in [-0.1, -0.05) is 66.0 Å². The highest BCUT2D eigenvalue weighted by Gasteiger charge is 2.30. The van der Waals surface area contributed by atoms with Gasteiger partial charge in [0, 0.05) is 86.2 Å². The molecule has 0 saturated carbocycles. The van der Waals surface area contributed by atoms with Gasteiger partial charge in [0.2, 0.25) is 11.8 Å². The lowest BCUT2D eigenvalue weighted by Crippen LogP contribution is -2.54. The summed E-state index contributed by atoms with van der Waals surface area (Å²) in [5.74, 6) is 1.36. The summed E-state index contributed by atoms with van der Waals surface area (Å²) in [4.78, 5) is 42.0. The number of carbonyl (C=O) groups is 2. The summed E-state index contributed by atoms with van der Waals surface area (Å²) in [5.41, 5.74) is 8.36. The zero-order valence-electron chi connectivity index (χ0n) is 38.8. The van der Waals surface area contributed by atoms with Crippen LogP contribution >= 0.6 is 58.0 Å². The SMILES string of the molecule is C.COc1cc(N2CCN(C(=O)CCl)[C@@H](C)C2)ccc1Cl.COc1cc(N2CCN(C(=O)Cn3nc(-c4cccc(C)n4)c(Cl)c3C)[C@@H](C)C2)ccc1Cl.Cc1cccc(-c2n[nH]c(C)c2Cl)n1. The smallest absolute Gasteiger partial charge is 0.244 e. The van der Waals surface area contributed by atoms with Crippen LogP contribution in [0.1, 0.15) is 44.0 Å². The summed E-state index contributed by atoms with van der Waals surface area (Å²) in [5, 5.41) is 13.9. The maximum absolute atomic E-state index is 13.2. The largest absolute Gasteiger partial charge is 0.495 e. The second-order valence-corrected chi connectivity index (χ2v) is 18.1. The molecule has 2 atom stereocenters. The van der Waals surface area contributed by atoms with E-state index in [1.54, 1.807) is 18.9 Å². The lowest BCUT2D eigenvalue weighted by molar-refractivity contribution is -0.134. The van der Waals surface area contributed by atoms with Crippen LogP contribution in [0.3, 0.4) is 0 Å². The molecule has 2 aliphatic heterocycles. The van der Waals surface area contributed by atoms with Crippen molar-refractivity contribution in [1.82, 2.24) is 39.7 Å². The molecule has 0 radical (unpaired) electrons. The van der Waals surface area contributed by atoms with E-state index in [-0.39, 0.29) is 43.7 Å². The quantitative estimate of drug-likeness (QED) is 0.139. The number of carbonyl (C=O) groups excluding carboxylic acids is 2. The van der Waals surface area contributed by atoms with Crippen molar-refractivity contribution in [3.8, 4) is 34.3 Å². The van der Waals surface area contributed by atoms with Gasteiger partial charge in [-0.05, 0) is 90.1 Å². The van der Waals surface area contributed by atoms with Crippen molar-refractivity contribution in [2.24, 2.45) is 0 Å². The number of pyridine rings is 2. The summed E-state index contributed by atoms with van der Waals surface area (Å²) >= 11 is 30.4. The van der Waals surface area contributed by atoms with Gasteiger partial charge in [0.25, 0.3) is 0 Å². The molecule has 19 heteroatoms. The Bertz CT molecular complexity index is 2680. The van der Waals surface area contributed by atoms with Crippen LogP contribution in [-0.2, 0) is 16.1 Å². The van der Waals surface area contributed by atoms with Gasteiger partial charge in [0.1, 0.15) is 35.3 Å². The Morgan fingerprint density at radius 3 is 1.59 bits per heavy atom. The molecular weight excluding hydrogens is 970 g/mol. The minimum Gasteiger partial charge on any atom is -0.495 e. The van der Waals surface area contributed by atoms with E-state index in [4.69, 9.17) is 67.5 Å². The predicted octanol–water partition coefficient (Wildman–Crippen LogP) is 10.6. The molecule has 2 fully saturated rings. The second kappa shape index (κ2) is 24.3. The number of rotatable bonds is 9. The van der Waals surface area contributed by atoms with Gasteiger partial charge < -0.3 is 29.1 Å². The zero-order chi connectivity index (χ0) is 48.5. The number of hydrogen-bond acceptors (Lipinski definition) is 10. The maximum atomic E-state index is 13.2. The van der Waals surface area contributed by atoms with Gasteiger partial charge in [0.05, 0.1) is 57.1 Å². The van der Waals surface area contributed by atoms with E-state index >= 15 is 0 Å². The number of aromatic nitrogens is 6. The maximum Gasteiger partial charge on any atom is 0.244 e. The third-order valence-corrected chi connectivity index (χ3v) is 13.3. The number of piperazine rings is 2. The van der Waals surface area contributed by atoms with Crippen LogP contribution in [0.4, 0.5) is 11.4 Å². The van der Waals surface area contributed by atoms with E-state index < -0.39 is 0 Å². The zero-order valence-corrected chi connectivity index (χ0v) is 42.6. The average Bonchev–Trinajstić information content (AvgIpc) is 3.80. The molecule has 4 aromatic heterocycles. The van der Waals surface area contributed by atoms with Gasteiger partial charge >= 0.3 is 0 Å². The molecule has 2 aliphatic rings. The molecule has 6 aromatic rings. The molecule has 14 nitrogen and oxygen atoms in total. The number of nitrogens with one attached hydrogen (secondary N) is 1. The minimum atomic E-state index is -0.00694. The Labute approximate surface area is 424 Å². The number of nitrogens with zero attached hydrogens (tertiary/aromatic N) is 9. The normalized spacial score (nSPS) is 15.7. The fraction of sp³-hybridized carbons (Fsp3) is 0.388. The number of H-pyrrole nitrogens is 1. The summed E-state index contributed by atoms with van der Waals surface area (Å²) in [6.45, 7) is 16.1. The number of amides is 2. The van der Waals surface area contributed by atoms with Crippen LogP contribution in [0.2, 0.25) is 20.1 Å². The number of aryl methyl sites for hydroxylation is 3. The van der Waals surface area contributed by atoms with Gasteiger partial charge in [0.15, 0.2) is 0 Å². The first-order chi connectivity index (χ1) is 32.0. The first kappa shape index (κ1) is 53.7. The van der Waals surface area contributed by atoms with E-state index in [1.165, 1.54) is 0 Å². The molecular formula is C49H59Cl5N10O4. The number of aromatic amines is 1. The molecule has 0 spiro atoms. The topological polar surface area (TPSA) is 138 Å². The molecule has 2 saturated heterocycles. The molecule has 8 rings (SSSR count). The minimum absolute atomic E-state index is 0. The van der Waals surface area contributed by atoms with E-state index in [0.717, 1.165) is 59.5 Å². The lowest BCUT2D eigenvalue weighted by Gasteiger charge is -2.41. The Morgan fingerprint density at radius 1 is 0.676 bits per heavy atom. The number of ether oxygens (including phenoxy) is 2. The fourth-order valence-corrected chi connectivity index (χ4v) is 8.84. The second-order valence-electron chi connectivity index (χ2n) is 16.3. The van der Waals surface area contributed by atoms with Crippen molar-refractivity contribution >= 4 is 81.2 Å². The molecule has 0 unspecified atom stereocenters. The molecule has 364 valence electrons. The van der Waals surface area contributed by atoms with E-state index in [0.29, 0.717) is 68.3 Å². The summed E-state index contributed by atoms with van der Waals surface area (Å²) < 4.78 is 12.3. The molecule has 6 heterocycles. The molecule has 0 aliphatic carbocycles. The third-order valence-electron chi connectivity index (χ3n) is 11.6. The Morgan fingerprint density at radius 2 is 1.16 bits per heavy atom. The van der Waals surface area contributed by atoms with E-state index in [9.17, 15) is 9.59 Å².